The summed E-state index contributed by atoms with van der Waals surface area (Å²) >= 11 is 0. The van der Waals surface area contributed by atoms with E-state index in [1.54, 1.807) is 12.1 Å². The average Bonchev–Trinajstić information content (AvgIpc) is 3.06. The fourth-order valence-corrected chi connectivity index (χ4v) is 5.29. The maximum Gasteiger partial charge on any atom is 0.243 e. The van der Waals surface area contributed by atoms with Crippen molar-refractivity contribution in [1.82, 2.24) is 13.9 Å². The number of ether oxygens (including phenoxy) is 2. The van der Waals surface area contributed by atoms with E-state index in [4.69, 9.17) is 14.5 Å². The largest absolute Gasteiger partial charge is 0.493 e. The molecule has 0 aliphatic carbocycles. The van der Waals surface area contributed by atoms with Gasteiger partial charge in [-0.3, -0.25) is 0 Å². The molecule has 2 aromatic carbocycles. The van der Waals surface area contributed by atoms with E-state index in [0.29, 0.717) is 24.6 Å². The molecule has 1 aliphatic heterocycles. The van der Waals surface area contributed by atoms with Crippen LogP contribution >= 0.6 is 0 Å². The number of sulfonamides is 1. The zero-order valence-corrected chi connectivity index (χ0v) is 17.8. The Bertz CT molecular complexity index is 1150. The Morgan fingerprint density at radius 1 is 1.03 bits per heavy atom. The van der Waals surface area contributed by atoms with E-state index in [2.05, 4.69) is 18.4 Å². The summed E-state index contributed by atoms with van der Waals surface area (Å²) in [5.74, 6) is 2.13. The first-order valence-electron chi connectivity index (χ1n) is 9.56. The van der Waals surface area contributed by atoms with Gasteiger partial charge in [-0.2, -0.15) is 4.31 Å². The fraction of sp³-hybridized carbons (Fsp3) is 0.381. The second-order valence-electron chi connectivity index (χ2n) is 7.48. The topological polar surface area (TPSA) is 73.7 Å². The second-order valence-corrected chi connectivity index (χ2v) is 9.41. The number of imidazole rings is 1. The molecule has 0 spiro atoms. The van der Waals surface area contributed by atoms with Crippen LogP contribution in [0.3, 0.4) is 0 Å². The van der Waals surface area contributed by atoms with Gasteiger partial charge in [0.1, 0.15) is 5.82 Å². The van der Waals surface area contributed by atoms with Crippen LogP contribution in [0.25, 0.3) is 11.0 Å². The van der Waals surface area contributed by atoms with Gasteiger partial charge in [0.15, 0.2) is 11.5 Å². The van der Waals surface area contributed by atoms with Gasteiger partial charge in [0.2, 0.25) is 10.0 Å². The highest BCUT2D eigenvalue weighted by molar-refractivity contribution is 7.89. The van der Waals surface area contributed by atoms with Crippen molar-refractivity contribution >= 4 is 21.1 Å². The smallest absolute Gasteiger partial charge is 0.243 e. The summed E-state index contributed by atoms with van der Waals surface area (Å²) in [7, 11) is -0.593. The first-order valence-corrected chi connectivity index (χ1v) is 11.0. The molecule has 154 valence electrons. The summed E-state index contributed by atoms with van der Waals surface area (Å²) in [5.41, 5.74) is 1.99. The Hall–Kier alpha value is -2.58. The molecule has 2 heterocycles. The van der Waals surface area contributed by atoms with Crippen LogP contribution < -0.4 is 9.47 Å². The van der Waals surface area contributed by atoms with Crippen LogP contribution in [-0.2, 0) is 10.0 Å². The Kier molecular flexibility index (Phi) is 5.00. The molecule has 8 heteroatoms. The lowest BCUT2D eigenvalue weighted by atomic mass is 10.1. The minimum absolute atomic E-state index is 0.0646. The van der Waals surface area contributed by atoms with Gasteiger partial charge in [-0.15, -0.1) is 0 Å². The molecule has 1 fully saturated rings. The van der Waals surface area contributed by atoms with E-state index in [1.165, 1.54) is 24.6 Å². The number of nitrogens with zero attached hydrogens (tertiary/aromatic N) is 3. The van der Waals surface area contributed by atoms with Crippen molar-refractivity contribution in [3.8, 4) is 11.5 Å². The van der Waals surface area contributed by atoms with Crippen LogP contribution in [0.4, 0.5) is 0 Å². The predicted octanol–water partition coefficient (Wildman–Crippen LogP) is 3.42. The lowest BCUT2D eigenvalue weighted by Crippen LogP contribution is -2.50. The maximum absolute atomic E-state index is 13.1. The van der Waals surface area contributed by atoms with Crippen molar-refractivity contribution in [2.45, 2.75) is 30.7 Å². The molecule has 0 bridgehead atoms. The highest BCUT2D eigenvalue weighted by Gasteiger charge is 2.39. The van der Waals surface area contributed by atoms with Crippen LogP contribution in [-0.4, -0.2) is 49.6 Å². The van der Waals surface area contributed by atoms with Crippen molar-refractivity contribution in [2.24, 2.45) is 0 Å². The summed E-state index contributed by atoms with van der Waals surface area (Å²) in [6, 6.07) is 12.7. The van der Waals surface area contributed by atoms with Crippen molar-refractivity contribution in [3.05, 3.63) is 48.3 Å². The van der Waals surface area contributed by atoms with Gasteiger partial charge in [-0.05, 0) is 24.3 Å². The molecule has 29 heavy (non-hydrogen) atoms. The van der Waals surface area contributed by atoms with E-state index in [0.717, 1.165) is 16.9 Å². The summed E-state index contributed by atoms with van der Waals surface area (Å²) < 4.78 is 40.3. The molecule has 1 aliphatic rings. The molecule has 0 amide bonds. The first kappa shape index (κ1) is 19.7. The Balaban J connectivity index is 1.62. The highest BCUT2D eigenvalue weighted by Crippen LogP contribution is 2.36. The number of benzene rings is 2. The number of rotatable bonds is 6. The zero-order valence-electron chi connectivity index (χ0n) is 17.0. The van der Waals surface area contributed by atoms with Gasteiger partial charge in [-0.25, -0.2) is 13.4 Å². The number of methoxy groups -OCH3 is 2. The van der Waals surface area contributed by atoms with Crippen molar-refractivity contribution in [2.75, 3.05) is 27.3 Å². The zero-order chi connectivity index (χ0) is 20.8. The Labute approximate surface area is 170 Å². The number of para-hydroxylation sites is 2. The second kappa shape index (κ2) is 7.35. The SMILES string of the molecule is COc1ccc(S(=O)(=O)N2CC(n3c(C(C)C)nc4ccccc43)C2)cc1OC. The van der Waals surface area contributed by atoms with E-state index in [9.17, 15) is 8.42 Å². The molecule has 1 aromatic heterocycles. The van der Waals surface area contributed by atoms with Crippen molar-refractivity contribution in [1.29, 1.82) is 0 Å². The van der Waals surface area contributed by atoms with Crippen LogP contribution in [0.2, 0.25) is 0 Å². The standard InChI is InChI=1S/C21H25N3O4S/c1-14(2)21-22-17-7-5-6-8-18(17)24(21)15-12-23(13-15)29(25,26)16-9-10-19(27-3)20(11-16)28-4/h5-11,14-15H,12-13H2,1-4H3. The van der Waals surface area contributed by atoms with Gasteiger partial charge < -0.3 is 14.0 Å². The molecular weight excluding hydrogens is 390 g/mol. The molecule has 1 saturated heterocycles. The Morgan fingerprint density at radius 2 is 1.72 bits per heavy atom. The van der Waals surface area contributed by atoms with Crippen LogP contribution in [0.5, 0.6) is 11.5 Å². The lowest BCUT2D eigenvalue weighted by molar-refractivity contribution is 0.203. The quantitative estimate of drug-likeness (QED) is 0.617. The highest BCUT2D eigenvalue weighted by atomic mass is 32.2. The molecule has 0 unspecified atom stereocenters. The monoisotopic (exact) mass is 415 g/mol. The molecule has 4 rings (SSSR count). The van der Waals surface area contributed by atoms with E-state index in [1.807, 2.05) is 24.3 Å². The van der Waals surface area contributed by atoms with Gasteiger partial charge in [0.25, 0.3) is 0 Å². The molecule has 0 N–H and O–H groups in total. The van der Waals surface area contributed by atoms with Gasteiger partial charge >= 0.3 is 0 Å². The van der Waals surface area contributed by atoms with Crippen molar-refractivity contribution in [3.63, 3.8) is 0 Å². The number of hydrogen-bond acceptors (Lipinski definition) is 5. The first-order chi connectivity index (χ1) is 13.9. The number of fused-ring (bicyclic) bond motifs is 1. The summed E-state index contributed by atoms with van der Waals surface area (Å²) in [5, 5.41) is 0. The molecular formula is C21H25N3O4S. The fourth-order valence-electron chi connectivity index (χ4n) is 3.76. The van der Waals surface area contributed by atoms with E-state index >= 15 is 0 Å². The van der Waals surface area contributed by atoms with Crippen LogP contribution in [0.1, 0.15) is 31.6 Å². The predicted molar refractivity (Wildman–Crippen MR) is 111 cm³/mol. The third-order valence-electron chi connectivity index (χ3n) is 5.33. The molecule has 0 radical (unpaired) electrons. The van der Waals surface area contributed by atoms with E-state index in [-0.39, 0.29) is 16.9 Å². The van der Waals surface area contributed by atoms with Gasteiger partial charge in [0, 0.05) is 25.1 Å². The normalized spacial score (nSPS) is 15.6. The van der Waals surface area contributed by atoms with Gasteiger partial charge in [-0.1, -0.05) is 26.0 Å². The van der Waals surface area contributed by atoms with E-state index < -0.39 is 10.0 Å². The summed E-state index contributed by atoms with van der Waals surface area (Å²) in [4.78, 5) is 4.97. The molecule has 0 atom stereocenters. The minimum atomic E-state index is -3.61. The average molecular weight is 416 g/mol. The molecule has 0 saturated carbocycles. The van der Waals surface area contributed by atoms with Gasteiger partial charge in [0.05, 0.1) is 36.2 Å². The number of aromatic nitrogens is 2. The Morgan fingerprint density at radius 3 is 2.38 bits per heavy atom. The minimum Gasteiger partial charge on any atom is -0.493 e. The summed E-state index contributed by atoms with van der Waals surface area (Å²) in [6.07, 6.45) is 0. The van der Waals surface area contributed by atoms with Crippen LogP contribution in [0.15, 0.2) is 47.4 Å². The third kappa shape index (κ3) is 3.26. The third-order valence-corrected chi connectivity index (χ3v) is 7.15. The lowest BCUT2D eigenvalue weighted by Gasteiger charge is -2.40. The number of hydrogen-bond donors (Lipinski definition) is 0. The summed E-state index contributed by atoms with van der Waals surface area (Å²) in [6.45, 7) is 5.04. The maximum atomic E-state index is 13.1. The molecule has 3 aromatic rings. The van der Waals surface area contributed by atoms with Crippen molar-refractivity contribution < 1.29 is 17.9 Å². The molecule has 7 nitrogen and oxygen atoms in total. The van der Waals surface area contributed by atoms with Crippen LogP contribution in [0, 0.1) is 0 Å².